The van der Waals surface area contributed by atoms with E-state index in [2.05, 4.69) is 0 Å². The van der Waals surface area contributed by atoms with Crippen LogP contribution < -0.4 is 10.3 Å². The van der Waals surface area contributed by atoms with Gasteiger partial charge in [-0.3, -0.25) is 10.5 Å². The number of hydrogen-bond donors (Lipinski definition) is 1. The van der Waals surface area contributed by atoms with Crippen LogP contribution in [-0.2, 0) is 18.4 Å². The molecule has 88 valence electrons. The van der Waals surface area contributed by atoms with Gasteiger partial charge in [-0.15, -0.1) is 0 Å². The quantitative estimate of drug-likeness (QED) is 0.804. The number of nitrogens with two attached hydrogens (primary N) is 1. The summed E-state index contributed by atoms with van der Waals surface area (Å²) in [4.78, 5) is 11.1. The molecule has 4 heteroatoms. The van der Waals surface area contributed by atoms with Crippen LogP contribution in [0.5, 0.6) is 0 Å². The Bertz CT molecular complexity index is 543. The average Bonchev–Trinajstić information content (AvgIpc) is 2.58. The van der Waals surface area contributed by atoms with Gasteiger partial charge in [0.1, 0.15) is 18.4 Å². The Hall–Kier alpha value is -2.10. The van der Waals surface area contributed by atoms with Gasteiger partial charge in [0.05, 0.1) is 7.05 Å². The van der Waals surface area contributed by atoms with Crippen LogP contribution in [0.15, 0.2) is 36.5 Å². The van der Waals surface area contributed by atoms with Crippen LogP contribution in [0.3, 0.4) is 0 Å². The number of benzene rings is 1. The van der Waals surface area contributed by atoms with Crippen molar-refractivity contribution in [3.8, 4) is 11.3 Å². The molecule has 0 atom stereocenters. The Morgan fingerprint density at radius 1 is 1.35 bits per heavy atom. The minimum Gasteiger partial charge on any atom is -0.296 e. The monoisotopic (exact) mass is 230 g/mol. The lowest BCUT2D eigenvalue weighted by Crippen LogP contribution is -2.38. The van der Waals surface area contributed by atoms with Gasteiger partial charge in [-0.2, -0.15) is 0 Å². The predicted octanol–water partition coefficient (Wildman–Crippen LogP) is 1.15. The number of nitrogen functional groups attached to an aromatic ring is 1. The number of anilines is 1. The van der Waals surface area contributed by atoms with Crippen molar-refractivity contribution in [2.24, 2.45) is 7.05 Å². The summed E-state index contributed by atoms with van der Waals surface area (Å²) in [6.45, 7) is 1.87. The maximum Gasteiger partial charge on any atom is 0.355 e. The average molecular weight is 230 g/mol. The molecule has 17 heavy (non-hydrogen) atoms. The van der Waals surface area contributed by atoms with E-state index in [9.17, 15) is 4.79 Å². The summed E-state index contributed by atoms with van der Waals surface area (Å²) in [7, 11) is 1.90. The first-order valence-electron chi connectivity index (χ1n) is 5.49. The fourth-order valence-electron chi connectivity index (χ4n) is 1.86. The van der Waals surface area contributed by atoms with Gasteiger partial charge < -0.3 is 0 Å². The minimum atomic E-state index is 0.0897. The predicted molar refractivity (Wildman–Crippen MR) is 66.1 cm³/mol. The van der Waals surface area contributed by atoms with E-state index < -0.39 is 0 Å². The van der Waals surface area contributed by atoms with Gasteiger partial charge >= 0.3 is 5.95 Å². The molecule has 0 aliphatic rings. The number of carbonyl (C=O) groups is 1. The molecule has 0 saturated carbocycles. The number of nitrogens with zero attached hydrogens (tertiary/aromatic N) is 2. The molecule has 0 unspecified atom stereocenters. The molecule has 1 heterocycles. The molecule has 0 aliphatic carbocycles. The number of imidazole rings is 1. The number of carbonyl (C=O) groups excluding carboxylic acids is 1. The highest BCUT2D eigenvalue weighted by molar-refractivity contribution is 5.74. The maximum absolute atomic E-state index is 11.1. The van der Waals surface area contributed by atoms with E-state index in [4.69, 9.17) is 5.73 Å². The van der Waals surface area contributed by atoms with Gasteiger partial charge in [0.2, 0.25) is 0 Å². The lowest BCUT2D eigenvalue weighted by molar-refractivity contribution is -0.668. The van der Waals surface area contributed by atoms with Gasteiger partial charge in [-0.1, -0.05) is 30.3 Å². The Kier molecular flexibility index (Phi) is 2.95. The van der Waals surface area contributed by atoms with Gasteiger partial charge in [0.25, 0.3) is 0 Å². The number of Topliss-reactive ketones (excluding diaryl/α,β-unsaturated/α-hetero) is 1. The molecule has 0 amide bonds. The number of hydrogen-bond acceptors (Lipinski definition) is 2. The van der Waals surface area contributed by atoms with Crippen LogP contribution in [0, 0.1) is 0 Å². The first-order chi connectivity index (χ1) is 8.09. The van der Waals surface area contributed by atoms with Crippen LogP contribution in [0.2, 0.25) is 0 Å². The molecular weight excluding hydrogens is 214 g/mol. The molecule has 0 saturated heterocycles. The summed E-state index contributed by atoms with van der Waals surface area (Å²) in [6, 6.07) is 9.97. The highest BCUT2D eigenvalue weighted by Crippen LogP contribution is 2.18. The van der Waals surface area contributed by atoms with Crippen molar-refractivity contribution in [1.82, 2.24) is 4.57 Å². The third-order valence-corrected chi connectivity index (χ3v) is 2.74. The molecule has 0 fully saturated rings. The SMILES string of the molecule is CC(=O)C[n+]1cc(-c2ccccc2)n(C)c1N. The molecule has 0 aliphatic heterocycles. The summed E-state index contributed by atoms with van der Waals surface area (Å²) in [5.41, 5.74) is 8.05. The largest absolute Gasteiger partial charge is 0.355 e. The van der Waals surface area contributed by atoms with Gasteiger partial charge in [0, 0.05) is 5.56 Å². The Balaban J connectivity index is 2.46. The Morgan fingerprint density at radius 2 is 2.00 bits per heavy atom. The Morgan fingerprint density at radius 3 is 2.59 bits per heavy atom. The summed E-state index contributed by atoms with van der Waals surface area (Å²) in [5.74, 6) is 0.672. The van der Waals surface area contributed by atoms with Gasteiger partial charge in [0.15, 0.2) is 5.78 Å². The van der Waals surface area contributed by atoms with E-state index in [1.165, 1.54) is 0 Å². The summed E-state index contributed by atoms with van der Waals surface area (Å²) in [5, 5.41) is 0. The van der Waals surface area contributed by atoms with E-state index in [0.717, 1.165) is 11.3 Å². The standard InChI is InChI=1S/C13H15N3O/c1-10(17)8-16-9-12(15(2)13(16)14)11-6-4-3-5-7-11/h3-7,9,14H,8H2,1-2H3/p+1. The second-order valence-corrected chi connectivity index (χ2v) is 4.13. The first kappa shape index (κ1) is 11.4. The lowest BCUT2D eigenvalue weighted by atomic mass is 10.2. The van der Waals surface area contributed by atoms with E-state index in [1.54, 1.807) is 11.5 Å². The Labute approximate surface area is 100 Å². The zero-order valence-electron chi connectivity index (χ0n) is 10.1. The van der Waals surface area contributed by atoms with Crippen molar-refractivity contribution in [3.05, 3.63) is 36.5 Å². The highest BCUT2D eigenvalue weighted by Gasteiger charge is 2.17. The molecule has 2 N–H and O–H groups in total. The van der Waals surface area contributed by atoms with Gasteiger partial charge in [-0.25, -0.2) is 9.13 Å². The summed E-state index contributed by atoms with van der Waals surface area (Å²) < 4.78 is 3.66. The van der Waals surface area contributed by atoms with Crippen molar-refractivity contribution in [1.29, 1.82) is 0 Å². The van der Waals surface area contributed by atoms with Crippen LogP contribution >= 0.6 is 0 Å². The maximum atomic E-state index is 11.1. The van der Waals surface area contributed by atoms with Gasteiger partial charge in [-0.05, 0) is 6.92 Å². The molecule has 1 aromatic heterocycles. The van der Waals surface area contributed by atoms with Crippen LogP contribution in [0.1, 0.15) is 6.92 Å². The fraction of sp³-hybridized carbons (Fsp3) is 0.231. The molecular formula is C13H16N3O+. The number of rotatable bonds is 3. The highest BCUT2D eigenvalue weighted by atomic mass is 16.1. The second-order valence-electron chi connectivity index (χ2n) is 4.13. The molecule has 0 bridgehead atoms. The second kappa shape index (κ2) is 4.41. The van der Waals surface area contributed by atoms with Crippen molar-refractivity contribution in [2.45, 2.75) is 13.5 Å². The van der Waals surface area contributed by atoms with Crippen LogP contribution in [0.25, 0.3) is 11.3 Å². The van der Waals surface area contributed by atoms with Crippen molar-refractivity contribution in [3.63, 3.8) is 0 Å². The van der Waals surface area contributed by atoms with Crippen molar-refractivity contribution in [2.75, 3.05) is 5.73 Å². The smallest absolute Gasteiger partial charge is 0.296 e. The van der Waals surface area contributed by atoms with Crippen LogP contribution in [0.4, 0.5) is 5.95 Å². The molecule has 4 nitrogen and oxygen atoms in total. The summed E-state index contributed by atoms with van der Waals surface area (Å²) >= 11 is 0. The zero-order valence-corrected chi connectivity index (χ0v) is 10.1. The molecule has 0 radical (unpaired) electrons. The lowest BCUT2D eigenvalue weighted by Gasteiger charge is -1.97. The third-order valence-electron chi connectivity index (χ3n) is 2.74. The van der Waals surface area contributed by atoms with Crippen LogP contribution in [-0.4, -0.2) is 10.4 Å². The molecule has 1 aromatic carbocycles. The first-order valence-corrected chi connectivity index (χ1v) is 5.49. The molecule has 2 rings (SSSR count). The molecule has 2 aromatic rings. The van der Waals surface area contributed by atoms with E-state index in [1.807, 2.05) is 48.1 Å². The third kappa shape index (κ3) is 2.20. The summed E-state index contributed by atoms with van der Waals surface area (Å²) in [6.07, 6.45) is 1.91. The van der Waals surface area contributed by atoms with E-state index in [0.29, 0.717) is 12.5 Å². The molecule has 0 spiro atoms. The van der Waals surface area contributed by atoms with E-state index >= 15 is 0 Å². The number of aromatic nitrogens is 2. The topological polar surface area (TPSA) is 51.9 Å². The zero-order chi connectivity index (χ0) is 12.4. The normalized spacial score (nSPS) is 10.5. The van der Waals surface area contributed by atoms with Crippen molar-refractivity contribution >= 4 is 11.7 Å². The van der Waals surface area contributed by atoms with Crippen molar-refractivity contribution < 1.29 is 9.36 Å². The fourth-order valence-corrected chi connectivity index (χ4v) is 1.86. The minimum absolute atomic E-state index is 0.0897. The number of ketones is 1. The van der Waals surface area contributed by atoms with E-state index in [-0.39, 0.29) is 5.78 Å².